The van der Waals surface area contributed by atoms with E-state index in [-0.39, 0.29) is 26.2 Å². The molecule has 0 unspecified atom stereocenters. The molecule has 13 heteroatoms. The average Bonchev–Trinajstić information content (AvgIpc) is 3.75. The molecule has 6 rings (SSSR count). The van der Waals surface area contributed by atoms with Crippen LogP contribution in [-0.2, 0) is 16.1 Å². The summed E-state index contributed by atoms with van der Waals surface area (Å²) in [4.78, 5) is 39.9. The van der Waals surface area contributed by atoms with Gasteiger partial charge in [-0.3, -0.25) is 14.4 Å². The Labute approximate surface area is 313 Å². The molecule has 0 bridgehead atoms. The van der Waals surface area contributed by atoms with Crippen LogP contribution in [0.25, 0.3) is 11.1 Å². The van der Waals surface area contributed by atoms with Crippen LogP contribution >= 0.6 is 23.2 Å². The van der Waals surface area contributed by atoms with Gasteiger partial charge in [-0.25, -0.2) is 4.79 Å². The number of carboxylic acids is 1. The van der Waals surface area contributed by atoms with Gasteiger partial charge in [0.25, 0.3) is 5.91 Å². The van der Waals surface area contributed by atoms with Crippen LogP contribution in [0, 0.1) is 12.8 Å². The van der Waals surface area contributed by atoms with Gasteiger partial charge in [-0.05, 0) is 91.1 Å². The summed E-state index contributed by atoms with van der Waals surface area (Å²) in [6, 6.07) is 15.1. The Bertz CT molecular complexity index is 1970. The molecule has 1 aliphatic carbocycles. The molecule has 3 atom stereocenters. The minimum absolute atomic E-state index is 0.0941. The number of hydrogen-bond donors (Lipinski definition) is 1. The van der Waals surface area contributed by atoms with Crippen LogP contribution in [-0.4, -0.2) is 85.7 Å². The second kappa shape index (κ2) is 15.6. The highest BCUT2D eigenvalue weighted by molar-refractivity contribution is 6.31. The third-order valence-electron chi connectivity index (χ3n) is 9.59. The number of anilines is 1. The van der Waals surface area contributed by atoms with Gasteiger partial charge in [0.15, 0.2) is 0 Å². The number of nitrogens with one attached hydrogen (secondary N) is 1. The minimum atomic E-state index is -1.32. The van der Waals surface area contributed by atoms with Gasteiger partial charge in [0.2, 0.25) is 0 Å². The summed E-state index contributed by atoms with van der Waals surface area (Å²) in [7, 11) is 6.07. The van der Waals surface area contributed by atoms with Crippen molar-refractivity contribution in [2.45, 2.75) is 44.7 Å². The first-order valence-corrected chi connectivity index (χ1v) is 18.1. The summed E-state index contributed by atoms with van der Waals surface area (Å²) >= 11 is 12.7. The first-order chi connectivity index (χ1) is 24.8. The maximum absolute atomic E-state index is 13.3. The number of amides is 2. The quantitative estimate of drug-likeness (QED) is 0.130. The van der Waals surface area contributed by atoms with Crippen LogP contribution in [0.1, 0.15) is 52.2 Å². The van der Waals surface area contributed by atoms with Crippen LogP contribution in [0.4, 0.5) is 10.5 Å². The lowest BCUT2D eigenvalue weighted by atomic mass is 9.93. The zero-order chi connectivity index (χ0) is 37.2. The third kappa shape index (κ3) is 8.71. The number of halogens is 2. The third-order valence-corrected chi connectivity index (χ3v) is 10.4. The Morgan fingerprint density at radius 1 is 1.06 bits per heavy atom. The molecule has 0 spiro atoms. The second-order valence-corrected chi connectivity index (χ2v) is 15.3. The summed E-state index contributed by atoms with van der Waals surface area (Å²) < 4.78 is 13.9. The number of nitrogens with zero attached hydrogens (tertiary/aromatic N) is 4. The molecule has 2 heterocycles. The summed E-state index contributed by atoms with van der Waals surface area (Å²) in [5, 5.41) is 20.1. The number of quaternary nitrogens is 1. The average molecular weight is 749 g/mol. The predicted octanol–water partition coefficient (Wildman–Crippen LogP) is 5.69. The Balaban J connectivity index is 1.12. The van der Waals surface area contributed by atoms with Gasteiger partial charge >= 0.3 is 6.09 Å². The smallest absolute Gasteiger partial charge is 0.414 e. The lowest BCUT2D eigenvalue weighted by Gasteiger charge is -2.29. The van der Waals surface area contributed by atoms with Crippen molar-refractivity contribution >= 4 is 46.9 Å². The van der Waals surface area contributed by atoms with Crippen molar-refractivity contribution < 1.29 is 33.4 Å². The summed E-state index contributed by atoms with van der Waals surface area (Å²) in [6.45, 7) is 3.81. The number of carbonyl (C=O) groups is 3. The van der Waals surface area contributed by atoms with Crippen LogP contribution in [0.3, 0.4) is 0 Å². The second-order valence-electron chi connectivity index (χ2n) is 14.5. The number of rotatable bonds is 14. The Morgan fingerprint density at radius 2 is 1.85 bits per heavy atom. The summed E-state index contributed by atoms with van der Waals surface area (Å²) in [5.41, 5.74) is 5.59. The van der Waals surface area contributed by atoms with E-state index in [1.807, 2.05) is 64.6 Å². The fourth-order valence-electron chi connectivity index (χ4n) is 6.70. The number of aromatic nitrogens is 2. The Hall–Kier alpha value is -4.58. The van der Waals surface area contributed by atoms with Gasteiger partial charge in [0, 0.05) is 39.5 Å². The largest absolute Gasteiger partial charge is 0.548 e. The molecule has 11 nitrogen and oxygen atoms in total. The number of hydrogen-bond acceptors (Lipinski definition) is 7. The topological polar surface area (TPSA) is 126 Å². The van der Waals surface area contributed by atoms with Crippen LogP contribution in [0.5, 0.6) is 5.75 Å². The van der Waals surface area contributed by atoms with E-state index in [1.54, 1.807) is 40.0 Å². The fourth-order valence-corrected chi connectivity index (χ4v) is 7.05. The van der Waals surface area contributed by atoms with E-state index in [0.717, 1.165) is 40.9 Å². The van der Waals surface area contributed by atoms with Crippen LogP contribution in [0.15, 0.2) is 67.0 Å². The molecule has 0 saturated heterocycles. The van der Waals surface area contributed by atoms with E-state index >= 15 is 0 Å². The van der Waals surface area contributed by atoms with E-state index < -0.39 is 24.0 Å². The van der Waals surface area contributed by atoms with Gasteiger partial charge in [-0.15, -0.1) is 0 Å². The van der Waals surface area contributed by atoms with Gasteiger partial charge in [-0.2, -0.15) is 5.10 Å². The van der Waals surface area contributed by atoms with Crippen molar-refractivity contribution in [2.75, 3.05) is 52.3 Å². The zero-order valence-electron chi connectivity index (χ0n) is 29.7. The van der Waals surface area contributed by atoms with Crippen molar-refractivity contribution in [3.63, 3.8) is 0 Å². The van der Waals surface area contributed by atoms with E-state index in [4.69, 9.17) is 32.7 Å². The molecule has 1 saturated carbocycles. The molecule has 1 N–H and O–H groups in total. The number of fused-ring (bicyclic) bond motifs is 3. The molecule has 1 fully saturated rings. The number of aliphatic carboxylic acids is 1. The SMILES string of the molecule is Cc1c(Cl)cccc1OCCOC(=O)N1C[C@@H]2C[C@@H]2c2c(-c3cnn(Cc4cc(C(=O)N[C@@H](CCC[N+](C)(C)C)C(=O)[O-])ccc4Cl)c3)cccc21. The normalized spacial score (nSPS) is 16.8. The van der Waals surface area contributed by atoms with E-state index in [9.17, 15) is 19.5 Å². The molecule has 0 radical (unpaired) electrons. The van der Waals surface area contributed by atoms with Crippen molar-refractivity contribution in [1.82, 2.24) is 15.1 Å². The molecule has 52 heavy (non-hydrogen) atoms. The maximum atomic E-state index is 13.3. The molecule has 2 aliphatic rings. The molecule has 2 amide bonds. The van der Waals surface area contributed by atoms with Gasteiger partial charge < -0.3 is 29.2 Å². The molecule has 1 aliphatic heterocycles. The Kier molecular flexibility index (Phi) is 11.1. The molecular formula is C39H43Cl2N5O6. The highest BCUT2D eigenvalue weighted by Gasteiger charge is 2.48. The molecule has 1 aromatic heterocycles. The molecular weight excluding hydrogens is 705 g/mol. The van der Waals surface area contributed by atoms with Crippen molar-refractivity contribution in [2.24, 2.45) is 5.92 Å². The molecule has 274 valence electrons. The standard InChI is InChI=1S/C39H43Cl2N5O6/c1-24-31(40)9-6-12-35(24)51-16-17-52-39(50)45-23-26-19-30(26)36-29(8-5-11-34(36)45)28-20-42-44(22-28)21-27-18-25(13-14-32(27)41)37(47)43-33(38(48)49)10-7-15-46(2,3)4/h5-6,8-9,11-14,18,20,22,26,30,33H,7,10,15-17,19,21,23H2,1-4H3,(H-,43,47,48,49)/t26-,30-,33-/m0/s1. The predicted molar refractivity (Wildman–Crippen MR) is 198 cm³/mol. The molecule has 3 aromatic carbocycles. The van der Waals surface area contributed by atoms with Crippen LogP contribution < -0.4 is 20.1 Å². The van der Waals surface area contributed by atoms with Gasteiger partial charge in [-0.1, -0.05) is 41.4 Å². The summed E-state index contributed by atoms with van der Waals surface area (Å²) in [6.07, 6.45) is 5.15. The maximum Gasteiger partial charge on any atom is 0.414 e. The number of ether oxygens (including phenoxy) is 2. The first kappa shape index (κ1) is 37.2. The highest BCUT2D eigenvalue weighted by Crippen LogP contribution is 2.57. The van der Waals surface area contributed by atoms with Gasteiger partial charge in [0.05, 0.1) is 58.1 Å². The Morgan fingerprint density at radius 3 is 2.62 bits per heavy atom. The van der Waals surface area contributed by atoms with Crippen molar-refractivity contribution in [3.8, 4) is 16.9 Å². The summed E-state index contributed by atoms with van der Waals surface area (Å²) in [5.74, 6) is -0.483. The van der Waals surface area contributed by atoms with Crippen molar-refractivity contribution in [3.05, 3.63) is 99.3 Å². The van der Waals surface area contributed by atoms with Crippen molar-refractivity contribution in [1.29, 1.82) is 0 Å². The molecule has 4 aromatic rings. The number of carboxylic acid groups (broad SMARTS) is 1. The lowest BCUT2D eigenvalue weighted by molar-refractivity contribution is -0.870. The van der Waals surface area contributed by atoms with E-state index in [2.05, 4.69) is 10.4 Å². The minimum Gasteiger partial charge on any atom is -0.548 e. The number of carbonyl (C=O) groups excluding carboxylic acids is 3. The fraction of sp³-hybridized carbons (Fsp3) is 0.385. The monoisotopic (exact) mass is 747 g/mol. The number of benzene rings is 3. The van der Waals surface area contributed by atoms with Gasteiger partial charge in [0.1, 0.15) is 19.0 Å². The van der Waals surface area contributed by atoms with E-state index in [0.29, 0.717) is 56.2 Å². The zero-order valence-corrected chi connectivity index (χ0v) is 31.2. The highest BCUT2D eigenvalue weighted by atomic mass is 35.5. The first-order valence-electron chi connectivity index (χ1n) is 17.4. The van der Waals surface area contributed by atoms with Crippen LogP contribution in [0.2, 0.25) is 10.0 Å². The lowest BCUT2D eigenvalue weighted by Crippen LogP contribution is -2.48. The van der Waals surface area contributed by atoms with E-state index in [1.165, 1.54) is 0 Å².